The average Bonchev–Trinajstić information content (AvgIpc) is 2.24. The molecule has 1 unspecified atom stereocenters. The number of carbonyl (C=O) groups excluding carboxylic acids is 2. The minimum atomic E-state index is -0.766. The highest BCUT2D eigenvalue weighted by Gasteiger charge is 2.44. The first-order valence-electron chi connectivity index (χ1n) is 6.92. The summed E-state index contributed by atoms with van der Waals surface area (Å²) in [6.07, 6.45) is 2.59. The lowest BCUT2D eigenvalue weighted by atomic mass is 9.94. The largest absolute Gasteiger partial charge is 0.340 e. The molecule has 1 saturated heterocycles. The Balaban J connectivity index is 2.87. The summed E-state index contributed by atoms with van der Waals surface area (Å²) in [4.78, 5) is 26.3. The molecule has 1 atom stereocenters. The van der Waals surface area contributed by atoms with E-state index in [4.69, 9.17) is 0 Å². The zero-order valence-corrected chi connectivity index (χ0v) is 12.2. The Hall–Kier alpha value is -1.06. The van der Waals surface area contributed by atoms with E-state index < -0.39 is 5.54 Å². The number of amides is 2. The van der Waals surface area contributed by atoms with Gasteiger partial charge in [0.15, 0.2) is 0 Å². The Bertz CT molecular complexity index is 324. The van der Waals surface area contributed by atoms with Crippen molar-refractivity contribution in [2.45, 2.75) is 65.5 Å². The topological polar surface area (TPSA) is 49.4 Å². The summed E-state index contributed by atoms with van der Waals surface area (Å²) in [6, 6.07) is -0.283. The van der Waals surface area contributed by atoms with Crippen LogP contribution >= 0.6 is 0 Å². The number of carbonyl (C=O) groups is 2. The molecule has 0 aromatic rings. The standard InChI is InChI=1S/C14H26N2O2/c1-6-7-11-12(17)15-14(4,5)13(18)16(11)9-8-10(2)3/h10-11H,6-9H2,1-5H3,(H,15,17). The van der Waals surface area contributed by atoms with Gasteiger partial charge in [-0.25, -0.2) is 0 Å². The maximum atomic E-state index is 12.4. The number of nitrogens with zero attached hydrogens (tertiary/aromatic N) is 1. The normalized spacial score (nSPS) is 23.4. The van der Waals surface area contributed by atoms with Crippen LogP contribution < -0.4 is 5.32 Å². The molecular weight excluding hydrogens is 228 g/mol. The second-order valence-electron chi connectivity index (χ2n) is 6.10. The van der Waals surface area contributed by atoms with Crippen molar-refractivity contribution < 1.29 is 9.59 Å². The van der Waals surface area contributed by atoms with Gasteiger partial charge in [-0.3, -0.25) is 9.59 Å². The lowest BCUT2D eigenvalue weighted by molar-refractivity contribution is -0.154. The molecule has 0 aromatic heterocycles. The molecule has 0 saturated carbocycles. The molecule has 1 N–H and O–H groups in total. The Morgan fingerprint density at radius 3 is 2.44 bits per heavy atom. The summed E-state index contributed by atoms with van der Waals surface area (Å²) in [5, 5.41) is 2.83. The minimum absolute atomic E-state index is 0.00907. The molecule has 1 aliphatic rings. The van der Waals surface area contributed by atoms with Gasteiger partial charge in [0.1, 0.15) is 11.6 Å². The fraction of sp³-hybridized carbons (Fsp3) is 0.857. The summed E-state index contributed by atoms with van der Waals surface area (Å²) >= 11 is 0. The lowest BCUT2D eigenvalue weighted by Crippen LogP contribution is -2.68. The van der Waals surface area contributed by atoms with Gasteiger partial charge in [-0.15, -0.1) is 0 Å². The number of hydrogen-bond donors (Lipinski definition) is 1. The van der Waals surface area contributed by atoms with Crippen LogP contribution in [0.4, 0.5) is 0 Å². The van der Waals surface area contributed by atoms with Gasteiger partial charge in [0.05, 0.1) is 0 Å². The van der Waals surface area contributed by atoms with E-state index in [1.165, 1.54) is 0 Å². The predicted molar refractivity (Wildman–Crippen MR) is 72.1 cm³/mol. The zero-order chi connectivity index (χ0) is 13.9. The third-order valence-corrected chi connectivity index (χ3v) is 3.42. The monoisotopic (exact) mass is 254 g/mol. The fourth-order valence-corrected chi connectivity index (χ4v) is 2.30. The first-order valence-corrected chi connectivity index (χ1v) is 6.92. The van der Waals surface area contributed by atoms with Crippen molar-refractivity contribution in [3.05, 3.63) is 0 Å². The number of nitrogens with one attached hydrogen (secondary N) is 1. The summed E-state index contributed by atoms with van der Waals surface area (Å²) < 4.78 is 0. The van der Waals surface area contributed by atoms with Gasteiger partial charge < -0.3 is 10.2 Å². The molecule has 1 rings (SSSR count). The zero-order valence-electron chi connectivity index (χ0n) is 12.2. The summed E-state index contributed by atoms with van der Waals surface area (Å²) in [5.74, 6) is 0.569. The number of rotatable bonds is 5. The molecule has 0 spiro atoms. The van der Waals surface area contributed by atoms with Crippen molar-refractivity contribution in [3.63, 3.8) is 0 Å². The Morgan fingerprint density at radius 2 is 1.94 bits per heavy atom. The minimum Gasteiger partial charge on any atom is -0.340 e. The van der Waals surface area contributed by atoms with E-state index in [0.717, 1.165) is 19.3 Å². The molecular formula is C14H26N2O2. The van der Waals surface area contributed by atoms with Gasteiger partial charge in [0.25, 0.3) is 0 Å². The molecule has 104 valence electrons. The molecule has 1 aliphatic heterocycles. The molecule has 1 heterocycles. The van der Waals surface area contributed by atoms with Crippen LogP contribution in [0, 0.1) is 5.92 Å². The number of hydrogen-bond acceptors (Lipinski definition) is 2. The van der Waals surface area contributed by atoms with E-state index in [2.05, 4.69) is 19.2 Å². The van der Waals surface area contributed by atoms with Crippen molar-refractivity contribution >= 4 is 11.8 Å². The van der Waals surface area contributed by atoms with Gasteiger partial charge in [0, 0.05) is 6.54 Å². The van der Waals surface area contributed by atoms with Gasteiger partial charge in [-0.2, -0.15) is 0 Å². The SMILES string of the molecule is CCCC1C(=O)NC(C)(C)C(=O)N1CCC(C)C. The molecule has 1 fully saturated rings. The van der Waals surface area contributed by atoms with E-state index in [9.17, 15) is 9.59 Å². The molecule has 2 amide bonds. The van der Waals surface area contributed by atoms with Crippen molar-refractivity contribution in [1.82, 2.24) is 10.2 Å². The van der Waals surface area contributed by atoms with Crippen LogP contribution in [-0.2, 0) is 9.59 Å². The molecule has 4 nitrogen and oxygen atoms in total. The second-order valence-corrected chi connectivity index (χ2v) is 6.10. The van der Waals surface area contributed by atoms with Crippen LogP contribution in [0.25, 0.3) is 0 Å². The maximum Gasteiger partial charge on any atom is 0.248 e. The van der Waals surface area contributed by atoms with E-state index in [0.29, 0.717) is 12.5 Å². The smallest absolute Gasteiger partial charge is 0.248 e. The van der Waals surface area contributed by atoms with E-state index in [1.54, 1.807) is 18.7 Å². The lowest BCUT2D eigenvalue weighted by Gasteiger charge is -2.43. The van der Waals surface area contributed by atoms with Crippen molar-refractivity contribution in [1.29, 1.82) is 0 Å². The van der Waals surface area contributed by atoms with E-state index in [1.807, 2.05) is 6.92 Å². The molecule has 0 aliphatic carbocycles. The third-order valence-electron chi connectivity index (χ3n) is 3.42. The van der Waals surface area contributed by atoms with Crippen LogP contribution in [0.2, 0.25) is 0 Å². The predicted octanol–water partition coefficient (Wildman–Crippen LogP) is 1.94. The number of piperazine rings is 1. The van der Waals surface area contributed by atoms with Gasteiger partial charge in [0.2, 0.25) is 11.8 Å². The Morgan fingerprint density at radius 1 is 1.33 bits per heavy atom. The van der Waals surface area contributed by atoms with Crippen molar-refractivity contribution in [2.24, 2.45) is 5.92 Å². The third kappa shape index (κ3) is 3.24. The van der Waals surface area contributed by atoms with E-state index in [-0.39, 0.29) is 17.9 Å². The van der Waals surface area contributed by atoms with E-state index >= 15 is 0 Å². The van der Waals surface area contributed by atoms with Crippen LogP contribution in [0.1, 0.15) is 53.9 Å². The Labute approximate surface area is 110 Å². The van der Waals surface area contributed by atoms with Gasteiger partial charge in [-0.05, 0) is 32.6 Å². The summed E-state index contributed by atoms with van der Waals surface area (Å²) in [6.45, 7) is 10.5. The van der Waals surface area contributed by atoms with Crippen LogP contribution in [0.5, 0.6) is 0 Å². The van der Waals surface area contributed by atoms with Gasteiger partial charge in [-0.1, -0.05) is 27.2 Å². The molecule has 18 heavy (non-hydrogen) atoms. The fourth-order valence-electron chi connectivity index (χ4n) is 2.30. The highest BCUT2D eigenvalue weighted by molar-refractivity contribution is 5.99. The summed E-state index contributed by atoms with van der Waals surface area (Å²) in [7, 11) is 0. The van der Waals surface area contributed by atoms with Gasteiger partial charge >= 0.3 is 0 Å². The first-order chi connectivity index (χ1) is 8.29. The second kappa shape index (κ2) is 5.72. The summed E-state index contributed by atoms with van der Waals surface area (Å²) in [5.41, 5.74) is -0.766. The maximum absolute atomic E-state index is 12.4. The average molecular weight is 254 g/mol. The molecule has 0 radical (unpaired) electrons. The highest BCUT2D eigenvalue weighted by Crippen LogP contribution is 2.21. The van der Waals surface area contributed by atoms with Crippen LogP contribution in [0.15, 0.2) is 0 Å². The Kier molecular flexibility index (Phi) is 4.77. The van der Waals surface area contributed by atoms with Crippen molar-refractivity contribution in [3.8, 4) is 0 Å². The van der Waals surface area contributed by atoms with Crippen molar-refractivity contribution in [2.75, 3.05) is 6.54 Å². The van der Waals surface area contributed by atoms with Crippen LogP contribution in [-0.4, -0.2) is 34.8 Å². The molecule has 0 aromatic carbocycles. The molecule has 0 bridgehead atoms. The first kappa shape index (κ1) is 15.0. The quantitative estimate of drug-likeness (QED) is 0.815. The highest BCUT2D eigenvalue weighted by atomic mass is 16.2. The molecule has 4 heteroatoms. The van der Waals surface area contributed by atoms with Crippen LogP contribution in [0.3, 0.4) is 0 Å².